The summed E-state index contributed by atoms with van der Waals surface area (Å²) in [5.41, 5.74) is 1.33. The summed E-state index contributed by atoms with van der Waals surface area (Å²) in [6.07, 6.45) is 1.81. The zero-order valence-electron chi connectivity index (χ0n) is 11.1. The van der Waals surface area contributed by atoms with Crippen LogP contribution in [0, 0.1) is 5.92 Å². The highest BCUT2D eigenvalue weighted by Gasteiger charge is 2.30. The number of ether oxygens (including phenoxy) is 1. The average molecular weight is 247 g/mol. The van der Waals surface area contributed by atoms with Crippen LogP contribution in [-0.2, 0) is 16.1 Å². The smallest absolute Gasteiger partial charge is 0.308 e. The molecule has 0 bridgehead atoms. The fourth-order valence-corrected chi connectivity index (χ4v) is 2.65. The van der Waals surface area contributed by atoms with Gasteiger partial charge in [-0.3, -0.25) is 9.69 Å². The third kappa shape index (κ3) is 3.10. The van der Waals surface area contributed by atoms with Gasteiger partial charge in [0.25, 0.3) is 0 Å². The third-order valence-electron chi connectivity index (χ3n) is 3.78. The van der Waals surface area contributed by atoms with E-state index in [1.807, 2.05) is 6.07 Å². The maximum Gasteiger partial charge on any atom is 0.308 e. The van der Waals surface area contributed by atoms with E-state index in [1.165, 1.54) is 12.7 Å². The minimum Gasteiger partial charge on any atom is -0.469 e. The number of rotatable bonds is 3. The second kappa shape index (κ2) is 6.01. The average Bonchev–Trinajstić information content (AvgIpc) is 2.41. The van der Waals surface area contributed by atoms with E-state index < -0.39 is 0 Å². The van der Waals surface area contributed by atoms with Crippen LogP contribution in [0.3, 0.4) is 0 Å². The van der Waals surface area contributed by atoms with Crippen LogP contribution in [0.1, 0.15) is 25.3 Å². The van der Waals surface area contributed by atoms with Crippen molar-refractivity contribution in [3.63, 3.8) is 0 Å². The van der Waals surface area contributed by atoms with Gasteiger partial charge < -0.3 is 4.74 Å². The molecular weight excluding hydrogens is 226 g/mol. The molecule has 18 heavy (non-hydrogen) atoms. The van der Waals surface area contributed by atoms with Crippen LogP contribution in [0.15, 0.2) is 30.3 Å². The van der Waals surface area contributed by atoms with Crippen LogP contribution in [0.4, 0.5) is 0 Å². The Morgan fingerprint density at radius 2 is 2.11 bits per heavy atom. The summed E-state index contributed by atoms with van der Waals surface area (Å²) in [4.78, 5) is 14.0. The van der Waals surface area contributed by atoms with Gasteiger partial charge in [-0.1, -0.05) is 30.3 Å². The first kappa shape index (κ1) is 13.1. The molecule has 0 aromatic heterocycles. The van der Waals surface area contributed by atoms with E-state index in [0.717, 1.165) is 25.9 Å². The van der Waals surface area contributed by atoms with Crippen molar-refractivity contribution < 1.29 is 9.53 Å². The summed E-state index contributed by atoms with van der Waals surface area (Å²) in [6, 6.07) is 10.9. The van der Waals surface area contributed by atoms with Crippen molar-refractivity contribution in [2.75, 3.05) is 13.7 Å². The molecule has 98 valence electrons. The number of methoxy groups -OCH3 is 1. The molecule has 0 spiro atoms. The van der Waals surface area contributed by atoms with Crippen molar-refractivity contribution in [2.24, 2.45) is 5.92 Å². The van der Waals surface area contributed by atoms with Gasteiger partial charge >= 0.3 is 5.97 Å². The first-order valence-corrected chi connectivity index (χ1v) is 6.56. The van der Waals surface area contributed by atoms with Crippen LogP contribution < -0.4 is 0 Å². The number of carbonyl (C=O) groups excluding carboxylic acids is 1. The monoisotopic (exact) mass is 247 g/mol. The quantitative estimate of drug-likeness (QED) is 0.768. The van der Waals surface area contributed by atoms with Crippen LogP contribution in [0.5, 0.6) is 0 Å². The van der Waals surface area contributed by atoms with Crippen LogP contribution in [0.2, 0.25) is 0 Å². The molecule has 0 saturated carbocycles. The third-order valence-corrected chi connectivity index (χ3v) is 3.78. The van der Waals surface area contributed by atoms with Crippen molar-refractivity contribution >= 4 is 5.97 Å². The summed E-state index contributed by atoms with van der Waals surface area (Å²) in [5, 5.41) is 0. The number of hydrogen-bond donors (Lipinski definition) is 0. The lowest BCUT2D eigenvalue weighted by molar-refractivity contribution is -0.147. The fourth-order valence-electron chi connectivity index (χ4n) is 2.65. The molecule has 0 unspecified atom stereocenters. The van der Waals surface area contributed by atoms with Gasteiger partial charge in [0.1, 0.15) is 0 Å². The van der Waals surface area contributed by atoms with Crippen molar-refractivity contribution in [2.45, 2.75) is 32.4 Å². The lowest BCUT2D eigenvalue weighted by atomic mass is 9.91. The Bertz CT molecular complexity index is 391. The largest absolute Gasteiger partial charge is 0.469 e. The number of esters is 1. The van der Waals surface area contributed by atoms with Crippen LogP contribution in [0.25, 0.3) is 0 Å². The molecule has 1 aliphatic rings. The molecule has 2 rings (SSSR count). The van der Waals surface area contributed by atoms with Gasteiger partial charge in [0.2, 0.25) is 0 Å². The predicted molar refractivity (Wildman–Crippen MR) is 71.1 cm³/mol. The van der Waals surface area contributed by atoms with Crippen molar-refractivity contribution in [1.29, 1.82) is 0 Å². The molecule has 1 aliphatic heterocycles. The predicted octanol–water partition coefficient (Wildman–Crippen LogP) is 2.46. The van der Waals surface area contributed by atoms with Gasteiger partial charge in [-0.05, 0) is 31.9 Å². The Morgan fingerprint density at radius 3 is 2.72 bits per heavy atom. The molecule has 3 nitrogen and oxygen atoms in total. The van der Waals surface area contributed by atoms with Crippen LogP contribution >= 0.6 is 0 Å². The summed E-state index contributed by atoms with van der Waals surface area (Å²) in [6.45, 7) is 4.13. The summed E-state index contributed by atoms with van der Waals surface area (Å²) in [5.74, 6) is 0.0261. The van der Waals surface area contributed by atoms with E-state index in [2.05, 4.69) is 36.1 Å². The van der Waals surface area contributed by atoms with Gasteiger partial charge in [0, 0.05) is 12.6 Å². The maximum atomic E-state index is 11.5. The standard InChI is InChI=1S/C15H21NO2/c1-12-10-14(15(17)18-2)8-9-16(12)11-13-6-4-3-5-7-13/h3-7,12,14H,8-11H2,1-2H3/t12-,14-/m0/s1. The number of piperidine rings is 1. The van der Waals surface area contributed by atoms with E-state index in [4.69, 9.17) is 4.74 Å². The van der Waals surface area contributed by atoms with Gasteiger partial charge in [-0.25, -0.2) is 0 Å². The maximum absolute atomic E-state index is 11.5. The van der Waals surface area contributed by atoms with Crippen molar-refractivity contribution in [1.82, 2.24) is 4.90 Å². The summed E-state index contributed by atoms with van der Waals surface area (Å²) in [7, 11) is 1.48. The lowest BCUT2D eigenvalue weighted by Crippen LogP contribution is -2.42. The van der Waals surface area contributed by atoms with Crippen molar-refractivity contribution in [3.8, 4) is 0 Å². The molecule has 1 aromatic rings. The van der Waals surface area contributed by atoms with Gasteiger partial charge in [-0.15, -0.1) is 0 Å². The molecule has 3 heteroatoms. The first-order valence-electron chi connectivity index (χ1n) is 6.56. The molecule has 1 aromatic carbocycles. The SMILES string of the molecule is COC(=O)[C@H]1CCN(Cc2ccccc2)[C@@H](C)C1. The molecule has 1 heterocycles. The van der Waals surface area contributed by atoms with Gasteiger partial charge in [0.05, 0.1) is 13.0 Å². The fraction of sp³-hybridized carbons (Fsp3) is 0.533. The van der Waals surface area contributed by atoms with Crippen LogP contribution in [-0.4, -0.2) is 30.6 Å². The molecule has 2 atom stereocenters. The molecule has 1 fully saturated rings. The zero-order chi connectivity index (χ0) is 13.0. The Kier molecular flexibility index (Phi) is 4.37. The molecule has 0 aliphatic carbocycles. The van der Waals surface area contributed by atoms with E-state index >= 15 is 0 Å². The van der Waals surface area contributed by atoms with E-state index in [1.54, 1.807) is 0 Å². The highest BCUT2D eigenvalue weighted by atomic mass is 16.5. The van der Waals surface area contributed by atoms with Gasteiger partial charge in [-0.2, -0.15) is 0 Å². The van der Waals surface area contributed by atoms with E-state index in [0.29, 0.717) is 6.04 Å². The number of hydrogen-bond acceptors (Lipinski definition) is 3. The molecule has 0 N–H and O–H groups in total. The van der Waals surface area contributed by atoms with E-state index in [9.17, 15) is 4.79 Å². The highest BCUT2D eigenvalue weighted by molar-refractivity contribution is 5.72. The molecule has 1 saturated heterocycles. The zero-order valence-corrected chi connectivity index (χ0v) is 11.1. The Morgan fingerprint density at radius 1 is 1.39 bits per heavy atom. The number of benzene rings is 1. The lowest BCUT2D eigenvalue weighted by Gasteiger charge is -2.36. The number of nitrogens with zero attached hydrogens (tertiary/aromatic N) is 1. The minimum absolute atomic E-state index is 0.0544. The Hall–Kier alpha value is -1.35. The highest BCUT2D eigenvalue weighted by Crippen LogP contribution is 2.25. The minimum atomic E-state index is -0.0544. The first-order chi connectivity index (χ1) is 8.70. The summed E-state index contributed by atoms with van der Waals surface area (Å²) >= 11 is 0. The number of likely N-dealkylation sites (tertiary alicyclic amines) is 1. The number of carbonyl (C=O) groups is 1. The molecular formula is C15H21NO2. The second-order valence-electron chi connectivity index (χ2n) is 5.05. The van der Waals surface area contributed by atoms with Gasteiger partial charge in [0.15, 0.2) is 0 Å². The normalized spacial score (nSPS) is 24.8. The second-order valence-corrected chi connectivity index (χ2v) is 5.05. The summed E-state index contributed by atoms with van der Waals surface area (Å²) < 4.78 is 4.83. The Balaban J connectivity index is 1.92. The Labute approximate surface area is 109 Å². The molecule has 0 amide bonds. The van der Waals surface area contributed by atoms with E-state index in [-0.39, 0.29) is 11.9 Å². The molecule has 0 radical (unpaired) electrons. The topological polar surface area (TPSA) is 29.5 Å². The van der Waals surface area contributed by atoms with Crippen molar-refractivity contribution in [3.05, 3.63) is 35.9 Å².